The van der Waals surface area contributed by atoms with Crippen molar-refractivity contribution in [3.8, 4) is 6.07 Å². The Morgan fingerprint density at radius 3 is 2.72 bits per heavy atom. The van der Waals surface area contributed by atoms with Crippen LogP contribution in [0.1, 0.15) is 44.7 Å². The van der Waals surface area contributed by atoms with Gasteiger partial charge in [-0.25, -0.2) is 0 Å². The molecule has 0 spiro atoms. The highest BCUT2D eigenvalue weighted by Crippen LogP contribution is 2.21. The summed E-state index contributed by atoms with van der Waals surface area (Å²) in [5, 5.41) is 22.4. The van der Waals surface area contributed by atoms with Crippen LogP contribution < -0.4 is 11.1 Å². The summed E-state index contributed by atoms with van der Waals surface area (Å²) in [6.07, 6.45) is 1.53. The number of benzene rings is 1. The molecule has 1 amide bonds. The summed E-state index contributed by atoms with van der Waals surface area (Å²) in [5.41, 5.74) is 7.05. The fourth-order valence-electron chi connectivity index (χ4n) is 3.21. The first-order chi connectivity index (χ1) is 11.9. The average Bonchev–Trinajstić information content (AvgIpc) is 3.08. The van der Waals surface area contributed by atoms with Crippen molar-refractivity contribution in [3.63, 3.8) is 0 Å². The number of nitriles is 1. The Hall–Kier alpha value is -2.39. The number of aliphatic hydroxyl groups is 1. The number of hydrogen-bond acceptors (Lipinski definition) is 3. The Balaban J connectivity index is 2.03. The monoisotopic (exact) mass is 343 g/mol. The molecular weight excluding hydrogens is 316 g/mol. The summed E-state index contributed by atoms with van der Waals surface area (Å²) in [4.78, 5) is 12.4. The number of rotatable bonds is 6. The molecule has 1 unspecified atom stereocenters. The number of carbonyl (C=O) groups is 1. The first-order valence-corrected chi connectivity index (χ1v) is 8.76. The fraction of sp³-hybridized carbons (Fsp3) is 0.526. The quantitative estimate of drug-likeness (QED) is 0.542. The van der Waals surface area contributed by atoms with Crippen LogP contribution in [0.15, 0.2) is 30.3 Å². The van der Waals surface area contributed by atoms with Gasteiger partial charge in [0.2, 0.25) is 11.9 Å². The summed E-state index contributed by atoms with van der Waals surface area (Å²) in [6, 6.07) is 10.7. The smallest absolute Gasteiger partial charge is 0.352 e. The van der Waals surface area contributed by atoms with E-state index >= 15 is 0 Å². The normalized spacial score (nSPS) is 21.5. The maximum atomic E-state index is 12.4. The molecule has 0 bridgehead atoms. The SMILES string of the molecule is CC(C)C(NC(=O)C[C@H](N)C(O)=[N+]1CCC[C@H]1C#N)c1ccccc1. The molecule has 1 saturated heterocycles. The van der Waals surface area contributed by atoms with Crippen molar-refractivity contribution in [2.75, 3.05) is 6.54 Å². The summed E-state index contributed by atoms with van der Waals surface area (Å²) < 4.78 is 1.61. The molecule has 1 heterocycles. The molecule has 6 nitrogen and oxygen atoms in total. The van der Waals surface area contributed by atoms with E-state index in [2.05, 4.69) is 11.4 Å². The lowest BCUT2D eigenvalue weighted by Gasteiger charge is -2.23. The highest BCUT2D eigenvalue weighted by atomic mass is 16.3. The molecule has 6 heteroatoms. The molecular formula is C19H27N4O2+. The van der Waals surface area contributed by atoms with Crippen molar-refractivity contribution in [1.29, 1.82) is 5.26 Å². The Kier molecular flexibility index (Phi) is 6.54. The van der Waals surface area contributed by atoms with Crippen LogP contribution in [-0.2, 0) is 4.79 Å². The van der Waals surface area contributed by atoms with Crippen molar-refractivity contribution in [2.24, 2.45) is 11.7 Å². The van der Waals surface area contributed by atoms with E-state index in [0.717, 1.165) is 12.0 Å². The number of amides is 1. The second-order valence-corrected chi connectivity index (χ2v) is 6.85. The zero-order chi connectivity index (χ0) is 18.4. The molecule has 1 aliphatic heterocycles. The molecule has 25 heavy (non-hydrogen) atoms. The summed E-state index contributed by atoms with van der Waals surface area (Å²) in [7, 11) is 0. The Bertz CT molecular complexity index is 664. The van der Waals surface area contributed by atoms with Crippen LogP contribution in [0.5, 0.6) is 0 Å². The van der Waals surface area contributed by atoms with E-state index in [9.17, 15) is 9.90 Å². The standard InChI is InChI=1S/C19H26N4O2/c1-13(2)18(14-7-4-3-5-8-14)22-17(24)11-16(21)19(25)23-10-6-9-15(23)12-20/h3-5,7-8,13,15-16,18H,6,9-11,21H2,1-2H3,(H,22,24)/p+1/t15-,16-,18?/m0/s1. The fourth-order valence-corrected chi connectivity index (χ4v) is 3.21. The van der Waals surface area contributed by atoms with Gasteiger partial charge in [-0.3, -0.25) is 4.79 Å². The van der Waals surface area contributed by atoms with Gasteiger partial charge in [0.15, 0.2) is 0 Å². The number of nitrogens with zero attached hydrogens (tertiary/aromatic N) is 2. The van der Waals surface area contributed by atoms with Gasteiger partial charge in [0, 0.05) is 12.8 Å². The highest BCUT2D eigenvalue weighted by molar-refractivity contribution is 5.85. The largest absolute Gasteiger partial charge is 0.462 e. The van der Waals surface area contributed by atoms with Crippen molar-refractivity contribution in [1.82, 2.24) is 5.32 Å². The topological polar surface area (TPSA) is 102 Å². The number of carbonyl (C=O) groups excluding carboxylic acids is 1. The minimum absolute atomic E-state index is 0.0173. The zero-order valence-corrected chi connectivity index (χ0v) is 14.9. The summed E-state index contributed by atoms with van der Waals surface area (Å²) >= 11 is 0. The molecule has 0 saturated carbocycles. The predicted octanol–water partition coefficient (Wildman–Crippen LogP) is 1.87. The molecule has 2 rings (SSSR count). The third-order valence-electron chi connectivity index (χ3n) is 4.57. The van der Waals surface area contributed by atoms with E-state index in [1.165, 1.54) is 0 Å². The van der Waals surface area contributed by atoms with Gasteiger partial charge in [-0.1, -0.05) is 44.2 Å². The van der Waals surface area contributed by atoms with E-state index in [-0.39, 0.29) is 36.2 Å². The lowest BCUT2D eigenvalue weighted by atomic mass is 9.96. The number of nitrogens with one attached hydrogen (secondary N) is 1. The van der Waals surface area contributed by atoms with Gasteiger partial charge in [-0.2, -0.15) is 9.84 Å². The molecule has 1 fully saturated rings. The van der Waals surface area contributed by atoms with Crippen LogP contribution in [0.3, 0.4) is 0 Å². The first kappa shape index (κ1) is 18.9. The van der Waals surface area contributed by atoms with Gasteiger partial charge >= 0.3 is 5.90 Å². The molecule has 4 N–H and O–H groups in total. The molecule has 0 aromatic heterocycles. The van der Waals surface area contributed by atoms with E-state index in [4.69, 9.17) is 11.0 Å². The lowest BCUT2D eigenvalue weighted by molar-refractivity contribution is -0.539. The van der Waals surface area contributed by atoms with Crippen molar-refractivity contribution < 1.29 is 14.5 Å². The Morgan fingerprint density at radius 2 is 2.12 bits per heavy atom. The van der Waals surface area contributed by atoms with E-state index in [1.54, 1.807) is 4.58 Å². The first-order valence-electron chi connectivity index (χ1n) is 8.76. The maximum Gasteiger partial charge on any atom is 0.352 e. The molecule has 1 aromatic carbocycles. The van der Waals surface area contributed by atoms with Crippen LogP contribution in [0.4, 0.5) is 0 Å². The average molecular weight is 343 g/mol. The third-order valence-corrected chi connectivity index (χ3v) is 4.57. The lowest BCUT2D eigenvalue weighted by Crippen LogP contribution is -2.43. The summed E-state index contributed by atoms with van der Waals surface area (Å²) in [6.45, 7) is 4.68. The number of nitrogens with two attached hydrogens (primary N) is 1. The minimum atomic E-state index is -0.808. The van der Waals surface area contributed by atoms with Crippen LogP contribution in [0.2, 0.25) is 0 Å². The molecule has 134 valence electrons. The highest BCUT2D eigenvalue weighted by Gasteiger charge is 2.34. The second kappa shape index (κ2) is 8.63. The minimum Gasteiger partial charge on any atom is -0.462 e. The van der Waals surface area contributed by atoms with Crippen LogP contribution >= 0.6 is 0 Å². The molecule has 1 aromatic rings. The van der Waals surface area contributed by atoms with Crippen molar-refractivity contribution >= 4 is 11.8 Å². The van der Waals surface area contributed by atoms with Crippen LogP contribution in [-0.4, -0.2) is 40.1 Å². The van der Waals surface area contributed by atoms with E-state index in [1.807, 2.05) is 44.2 Å². The van der Waals surface area contributed by atoms with Crippen molar-refractivity contribution in [3.05, 3.63) is 35.9 Å². The van der Waals surface area contributed by atoms with Gasteiger partial charge in [-0.15, -0.1) is 0 Å². The Morgan fingerprint density at radius 1 is 1.44 bits per heavy atom. The maximum absolute atomic E-state index is 12.4. The molecule has 1 aliphatic rings. The van der Waals surface area contributed by atoms with Gasteiger partial charge in [0.25, 0.3) is 0 Å². The van der Waals surface area contributed by atoms with Gasteiger partial charge < -0.3 is 16.2 Å². The molecule has 3 atom stereocenters. The second-order valence-electron chi connectivity index (χ2n) is 6.85. The van der Waals surface area contributed by atoms with Gasteiger partial charge in [0.1, 0.15) is 18.7 Å². The third kappa shape index (κ3) is 4.80. The number of aliphatic hydroxyl groups excluding tert-OH is 1. The molecule has 0 radical (unpaired) electrons. The molecule has 0 aliphatic carbocycles. The van der Waals surface area contributed by atoms with Crippen molar-refractivity contribution in [2.45, 2.75) is 51.2 Å². The van der Waals surface area contributed by atoms with E-state index < -0.39 is 6.04 Å². The van der Waals surface area contributed by atoms with Crippen LogP contribution in [0, 0.1) is 17.2 Å². The zero-order valence-electron chi connectivity index (χ0n) is 14.9. The predicted molar refractivity (Wildman–Crippen MR) is 96.2 cm³/mol. The van der Waals surface area contributed by atoms with Crippen LogP contribution in [0.25, 0.3) is 0 Å². The van der Waals surface area contributed by atoms with Gasteiger partial charge in [0.05, 0.1) is 12.5 Å². The summed E-state index contributed by atoms with van der Waals surface area (Å²) in [5.74, 6) is -0.0592. The Labute approximate surface area is 149 Å². The van der Waals surface area contributed by atoms with Gasteiger partial charge in [-0.05, 0) is 11.5 Å². The van der Waals surface area contributed by atoms with E-state index in [0.29, 0.717) is 13.0 Å². The number of hydrogen-bond donors (Lipinski definition) is 3.